The van der Waals surface area contributed by atoms with Crippen LogP contribution in [-0.2, 0) is 22.4 Å². The molecule has 2 amide bonds. The van der Waals surface area contributed by atoms with E-state index >= 15 is 0 Å². The summed E-state index contributed by atoms with van der Waals surface area (Å²) in [6, 6.07) is 0. The summed E-state index contributed by atoms with van der Waals surface area (Å²) in [6.07, 6.45) is 6.47. The third kappa shape index (κ3) is 3.06. The number of fused-ring (bicyclic) bond motifs is 3. The Labute approximate surface area is 162 Å². The highest BCUT2D eigenvalue weighted by Crippen LogP contribution is 2.53. The molecule has 0 spiro atoms. The van der Waals surface area contributed by atoms with Crippen molar-refractivity contribution >= 4 is 34.1 Å². The number of hydrogen-bond donors (Lipinski definition) is 3. The molecule has 2 saturated carbocycles. The van der Waals surface area contributed by atoms with Crippen molar-refractivity contribution in [2.75, 3.05) is 5.32 Å². The van der Waals surface area contributed by atoms with Crippen molar-refractivity contribution in [1.29, 1.82) is 0 Å². The van der Waals surface area contributed by atoms with Gasteiger partial charge in [0.15, 0.2) is 0 Å². The lowest BCUT2D eigenvalue weighted by Gasteiger charge is -2.26. The molecule has 1 heterocycles. The number of carboxylic acid groups (broad SMARTS) is 1. The molecule has 5 atom stereocenters. The van der Waals surface area contributed by atoms with Crippen LogP contribution in [0.4, 0.5) is 5.00 Å². The van der Waals surface area contributed by atoms with Gasteiger partial charge in [-0.3, -0.25) is 14.4 Å². The fourth-order valence-corrected chi connectivity index (χ4v) is 6.94. The van der Waals surface area contributed by atoms with E-state index in [0.29, 0.717) is 16.5 Å². The van der Waals surface area contributed by atoms with E-state index in [2.05, 4.69) is 12.2 Å². The lowest BCUT2D eigenvalue weighted by Crippen LogP contribution is -2.38. The highest BCUT2D eigenvalue weighted by molar-refractivity contribution is 7.17. The number of carboxylic acids is 1. The topological polar surface area (TPSA) is 109 Å². The van der Waals surface area contributed by atoms with Gasteiger partial charge in [0.2, 0.25) is 5.91 Å². The number of carbonyl (C=O) groups excluding carboxylic acids is 2. The molecule has 0 aromatic carbocycles. The molecule has 0 unspecified atom stereocenters. The third-order valence-electron chi connectivity index (χ3n) is 6.93. The maximum Gasteiger partial charge on any atom is 0.307 e. The average Bonchev–Trinajstić information content (AvgIpc) is 3.32. The first kappa shape index (κ1) is 18.5. The number of amides is 2. The van der Waals surface area contributed by atoms with Crippen molar-refractivity contribution in [3.63, 3.8) is 0 Å². The molecule has 146 valence electrons. The number of nitrogens with two attached hydrogens (primary N) is 1. The summed E-state index contributed by atoms with van der Waals surface area (Å²) in [7, 11) is 0. The highest BCUT2D eigenvalue weighted by atomic mass is 32.1. The number of primary amides is 1. The zero-order valence-corrected chi connectivity index (χ0v) is 16.3. The van der Waals surface area contributed by atoms with E-state index in [1.54, 1.807) is 0 Å². The molecular formula is C20H26N2O4S. The van der Waals surface area contributed by atoms with Crippen LogP contribution in [0.2, 0.25) is 0 Å². The Balaban J connectivity index is 1.61. The molecule has 0 radical (unpaired) electrons. The van der Waals surface area contributed by atoms with E-state index in [9.17, 15) is 19.5 Å². The number of anilines is 1. The Morgan fingerprint density at radius 1 is 1.19 bits per heavy atom. The number of aliphatic carboxylic acids is 1. The Hall–Kier alpha value is -1.89. The molecule has 4 rings (SSSR count). The van der Waals surface area contributed by atoms with Crippen LogP contribution in [0.25, 0.3) is 0 Å². The summed E-state index contributed by atoms with van der Waals surface area (Å²) in [6.45, 7) is 2.17. The van der Waals surface area contributed by atoms with Gasteiger partial charge < -0.3 is 16.2 Å². The van der Waals surface area contributed by atoms with Gasteiger partial charge in [-0.15, -0.1) is 11.3 Å². The molecular weight excluding hydrogens is 364 g/mol. The van der Waals surface area contributed by atoms with Crippen molar-refractivity contribution in [2.24, 2.45) is 35.3 Å². The molecule has 4 N–H and O–H groups in total. The second-order valence-corrected chi connectivity index (χ2v) is 9.41. The number of nitrogens with one attached hydrogen (secondary N) is 1. The Kier molecular flexibility index (Phi) is 4.74. The molecule has 3 aliphatic rings. The van der Waals surface area contributed by atoms with Crippen LogP contribution in [0.3, 0.4) is 0 Å². The number of carbonyl (C=O) groups is 3. The number of thiophene rings is 1. The molecule has 0 saturated heterocycles. The lowest BCUT2D eigenvalue weighted by molar-refractivity contribution is -0.148. The Morgan fingerprint density at radius 3 is 2.52 bits per heavy atom. The van der Waals surface area contributed by atoms with E-state index in [1.165, 1.54) is 11.3 Å². The Bertz CT molecular complexity index is 802. The molecule has 1 aromatic rings. The van der Waals surface area contributed by atoms with Gasteiger partial charge in [-0.05, 0) is 61.8 Å². The number of hydrogen-bond acceptors (Lipinski definition) is 4. The van der Waals surface area contributed by atoms with Crippen LogP contribution in [-0.4, -0.2) is 22.9 Å². The first-order valence-electron chi connectivity index (χ1n) is 9.88. The molecule has 2 bridgehead atoms. The maximum atomic E-state index is 13.0. The second kappa shape index (κ2) is 6.93. The average molecular weight is 391 g/mol. The fourth-order valence-electron chi connectivity index (χ4n) is 5.57. The minimum Gasteiger partial charge on any atom is -0.481 e. The predicted molar refractivity (Wildman–Crippen MR) is 103 cm³/mol. The molecule has 27 heavy (non-hydrogen) atoms. The normalized spacial score (nSPS) is 31.5. The molecule has 0 aliphatic heterocycles. The standard InChI is InChI=1S/C20H26N2O4S/c1-2-9-3-6-12-13(7-9)27-19(16(12)17(21)23)22-18(24)14-10-4-5-11(8-10)15(14)20(25)26/h9-11,14-15H,2-8H2,1H3,(H2,21,23)(H,22,24)(H,25,26)/t9-,10-,11+,14+,15+/m1/s1. The first-order chi connectivity index (χ1) is 12.9. The van der Waals surface area contributed by atoms with Gasteiger partial charge in [0.1, 0.15) is 5.00 Å². The van der Waals surface area contributed by atoms with Gasteiger partial charge >= 0.3 is 5.97 Å². The zero-order chi connectivity index (χ0) is 19.3. The molecule has 6 nitrogen and oxygen atoms in total. The van der Waals surface area contributed by atoms with Crippen LogP contribution in [0.15, 0.2) is 0 Å². The van der Waals surface area contributed by atoms with Crippen LogP contribution in [0, 0.1) is 29.6 Å². The van der Waals surface area contributed by atoms with Crippen LogP contribution >= 0.6 is 11.3 Å². The van der Waals surface area contributed by atoms with E-state index in [0.717, 1.165) is 55.4 Å². The van der Waals surface area contributed by atoms with Gasteiger partial charge in [-0.2, -0.15) is 0 Å². The van der Waals surface area contributed by atoms with Crippen LogP contribution in [0.1, 0.15) is 59.8 Å². The minimum atomic E-state index is -0.881. The van der Waals surface area contributed by atoms with Gasteiger partial charge in [0.05, 0.1) is 17.4 Å². The summed E-state index contributed by atoms with van der Waals surface area (Å²) in [5.74, 6) is -1.95. The van der Waals surface area contributed by atoms with E-state index < -0.39 is 23.7 Å². The smallest absolute Gasteiger partial charge is 0.307 e. The predicted octanol–water partition coefficient (Wildman–Crippen LogP) is 3.05. The molecule has 7 heteroatoms. The molecule has 2 fully saturated rings. The summed E-state index contributed by atoms with van der Waals surface area (Å²) < 4.78 is 0. The van der Waals surface area contributed by atoms with E-state index in [4.69, 9.17) is 5.73 Å². The number of rotatable bonds is 5. The molecule has 1 aromatic heterocycles. The fraction of sp³-hybridized carbons (Fsp3) is 0.650. The summed E-state index contributed by atoms with van der Waals surface area (Å²) in [4.78, 5) is 37.9. The van der Waals surface area contributed by atoms with E-state index in [-0.39, 0.29) is 17.7 Å². The quantitative estimate of drug-likeness (QED) is 0.718. The van der Waals surface area contributed by atoms with Crippen molar-refractivity contribution in [3.8, 4) is 0 Å². The van der Waals surface area contributed by atoms with Crippen molar-refractivity contribution in [1.82, 2.24) is 0 Å². The summed E-state index contributed by atoms with van der Waals surface area (Å²) >= 11 is 1.45. The first-order valence-corrected chi connectivity index (χ1v) is 10.7. The van der Waals surface area contributed by atoms with Crippen molar-refractivity contribution in [3.05, 3.63) is 16.0 Å². The third-order valence-corrected chi connectivity index (χ3v) is 8.10. The van der Waals surface area contributed by atoms with Crippen molar-refractivity contribution < 1.29 is 19.5 Å². The second-order valence-electron chi connectivity index (χ2n) is 8.30. The highest BCUT2D eigenvalue weighted by Gasteiger charge is 2.54. The van der Waals surface area contributed by atoms with Gasteiger partial charge in [0.25, 0.3) is 5.91 Å². The monoisotopic (exact) mass is 390 g/mol. The van der Waals surface area contributed by atoms with E-state index in [1.807, 2.05) is 0 Å². The van der Waals surface area contributed by atoms with Gasteiger partial charge in [0, 0.05) is 4.88 Å². The van der Waals surface area contributed by atoms with Gasteiger partial charge in [-0.1, -0.05) is 13.3 Å². The lowest BCUT2D eigenvalue weighted by atomic mass is 9.78. The zero-order valence-electron chi connectivity index (χ0n) is 15.5. The van der Waals surface area contributed by atoms with Crippen LogP contribution < -0.4 is 11.1 Å². The van der Waals surface area contributed by atoms with Crippen LogP contribution in [0.5, 0.6) is 0 Å². The van der Waals surface area contributed by atoms with Crippen molar-refractivity contribution in [2.45, 2.75) is 51.9 Å². The van der Waals surface area contributed by atoms with Gasteiger partial charge in [-0.25, -0.2) is 0 Å². The Morgan fingerprint density at radius 2 is 1.89 bits per heavy atom. The SMILES string of the molecule is CC[C@@H]1CCc2c(sc(NC(=O)[C@H]3[C@@H]4CC[C@@H](C4)[C@@H]3C(=O)O)c2C(N)=O)C1. The largest absolute Gasteiger partial charge is 0.481 e. The maximum absolute atomic E-state index is 13.0. The molecule has 3 aliphatic carbocycles. The summed E-state index contributed by atoms with van der Waals surface area (Å²) in [5.41, 5.74) is 7.06. The summed E-state index contributed by atoms with van der Waals surface area (Å²) in [5, 5.41) is 13.0. The minimum absolute atomic E-state index is 0.0979.